The molecule has 2 rings (SSSR count). The summed E-state index contributed by atoms with van der Waals surface area (Å²) in [6, 6.07) is 0. The van der Waals surface area contributed by atoms with Crippen LogP contribution in [0.25, 0.3) is 0 Å². The van der Waals surface area contributed by atoms with Crippen molar-refractivity contribution in [2.24, 2.45) is 5.41 Å². The summed E-state index contributed by atoms with van der Waals surface area (Å²) in [6.07, 6.45) is 2.03. The molecule has 0 N–H and O–H groups in total. The Morgan fingerprint density at radius 3 is 2.38 bits per heavy atom. The Balaban J connectivity index is 2.14. The van der Waals surface area contributed by atoms with Crippen LogP contribution in [0, 0.1) is 5.41 Å². The first kappa shape index (κ1) is 9.16. The fraction of sp³-hybridized carbons (Fsp3) is 0.900. The molecular weight excluding hydrogens is 168 g/mol. The van der Waals surface area contributed by atoms with E-state index in [1.807, 2.05) is 13.8 Å². The topological polar surface area (TPSA) is 35.5 Å². The van der Waals surface area contributed by atoms with Gasteiger partial charge in [0.25, 0.3) is 0 Å². The van der Waals surface area contributed by atoms with Gasteiger partial charge in [-0.3, -0.25) is 4.79 Å². The summed E-state index contributed by atoms with van der Waals surface area (Å²) in [4.78, 5) is 11.5. The highest BCUT2D eigenvalue weighted by molar-refractivity contribution is 5.85. The molecule has 0 amide bonds. The molecule has 1 spiro atoms. The number of carbonyl (C=O) groups is 1. The molecule has 0 radical (unpaired) electrons. The Bertz CT molecular complexity index is 226. The van der Waals surface area contributed by atoms with Crippen molar-refractivity contribution >= 4 is 5.78 Å². The first-order valence-corrected chi connectivity index (χ1v) is 4.85. The van der Waals surface area contributed by atoms with Crippen LogP contribution < -0.4 is 0 Å². The van der Waals surface area contributed by atoms with E-state index in [2.05, 4.69) is 0 Å². The van der Waals surface area contributed by atoms with Crippen LogP contribution in [0.15, 0.2) is 0 Å². The molecule has 13 heavy (non-hydrogen) atoms. The zero-order valence-corrected chi connectivity index (χ0v) is 8.26. The Morgan fingerprint density at radius 1 is 1.23 bits per heavy atom. The fourth-order valence-electron chi connectivity index (χ4n) is 2.25. The lowest BCUT2D eigenvalue weighted by atomic mass is 9.73. The van der Waals surface area contributed by atoms with Crippen LogP contribution in [0.5, 0.6) is 0 Å². The van der Waals surface area contributed by atoms with E-state index in [9.17, 15) is 4.79 Å². The number of hydrogen-bond donors (Lipinski definition) is 0. The third kappa shape index (κ3) is 1.51. The van der Waals surface area contributed by atoms with Gasteiger partial charge in [-0.1, -0.05) is 13.8 Å². The SMILES string of the molecule is CC1(C)CC2(CCC1=O)OCCO2. The van der Waals surface area contributed by atoms with E-state index >= 15 is 0 Å². The lowest BCUT2D eigenvalue weighted by molar-refractivity contribution is -0.198. The minimum atomic E-state index is -0.433. The number of rotatable bonds is 0. The second kappa shape index (κ2) is 2.79. The summed E-state index contributed by atoms with van der Waals surface area (Å²) in [6.45, 7) is 5.29. The molecular formula is C10H16O3. The summed E-state index contributed by atoms with van der Waals surface area (Å²) in [7, 11) is 0. The van der Waals surface area contributed by atoms with E-state index < -0.39 is 5.79 Å². The molecule has 2 fully saturated rings. The minimum Gasteiger partial charge on any atom is -0.347 e. The van der Waals surface area contributed by atoms with Crippen LogP contribution in [-0.4, -0.2) is 24.8 Å². The van der Waals surface area contributed by atoms with Gasteiger partial charge >= 0.3 is 0 Å². The lowest BCUT2D eigenvalue weighted by Crippen LogP contribution is -2.44. The maximum atomic E-state index is 11.5. The third-order valence-electron chi connectivity index (χ3n) is 3.01. The molecule has 0 aromatic heterocycles. The minimum absolute atomic E-state index is 0.275. The quantitative estimate of drug-likeness (QED) is 0.572. The highest BCUT2D eigenvalue weighted by Crippen LogP contribution is 2.43. The molecule has 2 aliphatic rings. The predicted octanol–water partition coefficient (Wildman–Crippen LogP) is 1.51. The van der Waals surface area contributed by atoms with Crippen molar-refractivity contribution in [3.8, 4) is 0 Å². The molecule has 0 aromatic carbocycles. The molecule has 1 aliphatic heterocycles. The van der Waals surface area contributed by atoms with Crippen LogP contribution in [0.4, 0.5) is 0 Å². The molecule has 1 aliphatic carbocycles. The van der Waals surface area contributed by atoms with Gasteiger partial charge in [-0.25, -0.2) is 0 Å². The highest BCUT2D eigenvalue weighted by atomic mass is 16.7. The summed E-state index contributed by atoms with van der Waals surface area (Å²) in [5, 5.41) is 0. The van der Waals surface area contributed by atoms with E-state index in [0.717, 1.165) is 6.42 Å². The number of carbonyl (C=O) groups excluding carboxylic acids is 1. The van der Waals surface area contributed by atoms with Crippen LogP contribution in [-0.2, 0) is 14.3 Å². The first-order chi connectivity index (χ1) is 6.04. The molecule has 0 atom stereocenters. The maximum absolute atomic E-state index is 11.5. The smallest absolute Gasteiger partial charge is 0.169 e. The summed E-state index contributed by atoms with van der Waals surface area (Å²) >= 11 is 0. The number of hydrogen-bond acceptors (Lipinski definition) is 3. The van der Waals surface area contributed by atoms with Gasteiger partial charge in [-0.2, -0.15) is 0 Å². The van der Waals surface area contributed by atoms with Gasteiger partial charge in [-0.05, 0) is 0 Å². The number of ether oxygens (including phenoxy) is 2. The van der Waals surface area contributed by atoms with Crippen molar-refractivity contribution in [2.45, 2.75) is 38.9 Å². The summed E-state index contributed by atoms with van der Waals surface area (Å²) in [5.74, 6) is -0.102. The molecule has 0 bridgehead atoms. The number of Topliss-reactive ketones (excluding diaryl/α,β-unsaturated/α-hetero) is 1. The molecule has 74 valence electrons. The van der Waals surface area contributed by atoms with Crippen molar-refractivity contribution in [1.29, 1.82) is 0 Å². The lowest BCUT2D eigenvalue weighted by Gasteiger charge is -2.39. The second-order valence-electron chi connectivity index (χ2n) is 4.59. The highest BCUT2D eigenvalue weighted by Gasteiger charge is 2.48. The third-order valence-corrected chi connectivity index (χ3v) is 3.01. The van der Waals surface area contributed by atoms with Gasteiger partial charge < -0.3 is 9.47 Å². The average molecular weight is 184 g/mol. The molecule has 3 nitrogen and oxygen atoms in total. The van der Waals surface area contributed by atoms with E-state index in [1.165, 1.54) is 0 Å². The normalized spacial score (nSPS) is 31.1. The van der Waals surface area contributed by atoms with Gasteiger partial charge in [0.15, 0.2) is 5.79 Å². The molecule has 1 saturated carbocycles. The van der Waals surface area contributed by atoms with Crippen LogP contribution >= 0.6 is 0 Å². The summed E-state index contributed by atoms with van der Waals surface area (Å²) in [5.41, 5.74) is -0.275. The second-order valence-corrected chi connectivity index (χ2v) is 4.59. The number of ketones is 1. The molecule has 0 unspecified atom stereocenters. The average Bonchev–Trinajstić information content (AvgIpc) is 2.46. The van der Waals surface area contributed by atoms with Crippen molar-refractivity contribution in [3.63, 3.8) is 0 Å². The van der Waals surface area contributed by atoms with Crippen LogP contribution in [0.2, 0.25) is 0 Å². The van der Waals surface area contributed by atoms with E-state index in [0.29, 0.717) is 31.8 Å². The van der Waals surface area contributed by atoms with E-state index in [-0.39, 0.29) is 5.41 Å². The van der Waals surface area contributed by atoms with E-state index in [1.54, 1.807) is 0 Å². The predicted molar refractivity (Wildman–Crippen MR) is 47.3 cm³/mol. The van der Waals surface area contributed by atoms with Gasteiger partial charge in [-0.15, -0.1) is 0 Å². The molecule has 0 aromatic rings. The first-order valence-electron chi connectivity index (χ1n) is 4.85. The Hall–Kier alpha value is -0.410. The Labute approximate surface area is 78.4 Å². The van der Waals surface area contributed by atoms with E-state index in [4.69, 9.17) is 9.47 Å². The summed E-state index contributed by atoms with van der Waals surface area (Å²) < 4.78 is 11.2. The van der Waals surface area contributed by atoms with Gasteiger partial charge in [0.2, 0.25) is 0 Å². The maximum Gasteiger partial charge on any atom is 0.169 e. The monoisotopic (exact) mass is 184 g/mol. The van der Waals surface area contributed by atoms with Crippen molar-refractivity contribution in [3.05, 3.63) is 0 Å². The Morgan fingerprint density at radius 2 is 1.85 bits per heavy atom. The zero-order chi connectivity index (χ0) is 9.53. The van der Waals surface area contributed by atoms with Gasteiger partial charge in [0.1, 0.15) is 5.78 Å². The van der Waals surface area contributed by atoms with Gasteiger partial charge in [0.05, 0.1) is 13.2 Å². The largest absolute Gasteiger partial charge is 0.347 e. The van der Waals surface area contributed by atoms with Crippen molar-refractivity contribution in [1.82, 2.24) is 0 Å². The molecule has 1 heterocycles. The van der Waals surface area contributed by atoms with Crippen molar-refractivity contribution in [2.75, 3.05) is 13.2 Å². The molecule has 1 saturated heterocycles. The van der Waals surface area contributed by atoms with Crippen LogP contribution in [0.1, 0.15) is 33.1 Å². The fourth-order valence-corrected chi connectivity index (χ4v) is 2.25. The standard InChI is InChI=1S/C10H16O3/c1-9(2)7-10(4-3-8(9)11)12-5-6-13-10/h3-7H2,1-2H3. The molecule has 3 heteroatoms. The van der Waals surface area contributed by atoms with Crippen LogP contribution in [0.3, 0.4) is 0 Å². The van der Waals surface area contributed by atoms with Gasteiger partial charge in [0, 0.05) is 24.7 Å². The van der Waals surface area contributed by atoms with Crippen molar-refractivity contribution < 1.29 is 14.3 Å². The Kier molecular flexibility index (Phi) is 1.96. The zero-order valence-electron chi connectivity index (χ0n) is 8.26.